The van der Waals surface area contributed by atoms with E-state index in [1.54, 1.807) is 11.3 Å². The van der Waals surface area contributed by atoms with Gasteiger partial charge in [-0.15, -0.1) is 11.3 Å². The molecule has 0 spiro atoms. The van der Waals surface area contributed by atoms with Crippen molar-refractivity contribution in [2.24, 2.45) is 0 Å². The average Bonchev–Trinajstić information content (AvgIpc) is 2.59. The third-order valence-corrected chi connectivity index (χ3v) is 3.27. The van der Waals surface area contributed by atoms with Crippen LogP contribution >= 0.6 is 11.3 Å². The number of nitrogens with zero attached hydrogens (tertiary/aromatic N) is 1. The van der Waals surface area contributed by atoms with E-state index in [-0.39, 0.29) is 6.61 Å². The van der Waals surface area contributed by atoms with Crippen LogP contribution in [-0.4, -0.2) is 10.1 Å². The maximum atomic E-state index is 8.98. The molecular formula is C10H11NOS. The molecule has 0 unspecified atom stereocenters. The summed E-state index contributed by atoms with van der Waals surface area (Å²) in [6, 6.07) is 4.00. The molecule has 0 saturated heterocycles. The Hall–Kier alpha value is -0.930. The van der Waals surface area contributed by atoms with Crippen molar-refractivity contribution in [3.05, 3.63) is 28.8 Å². The second-order valence-corrected chi connectivity index (χ2v) is 4.05. The quantitative estimate of drug-likeness (QED) is 0.794. The van der Waals surface area contributed by atoms with Crippen LogP contribution in [0.4, 0.5) is 0 Å². The molecule has 0 radical (unpaired) electrons. The predicted octanol–water partition coefficient (Wildman–Crippen LogP) is 2.35. The normalized spacial score (nSPS) is 10.9. The van der Waals surface area contributed by atoms with E-state index in [1.807, 2.05) is 18.3 Å². The van der Waals surface area contributed by atoms with E-state index >= 15 is 0 Å². The first kappa shape index (κ1) is 8.66. The Morgan fingerprint density at radius 3 is 3.08 bits per heavy atom. The lowest BCUT2D eigenvalue weighted by atomic mass is 10.2. The monoisotopic (exact) mass is 193 g/mol. The van der Waals surface area contributed by atoms with Gasteiger partial charge in [0, 0.05) is 11.1 Å². The molecular weight excluding hydrogens is 182 g/mol. The minimum Gasteiger partial charge on any atom is -0.391 e. The first-order valence-electron chi connectivity index (χ1n) is 4.32. The van der Waals surface area contributed by atoms with E-state index in [9.17, 15) is 0 Å². The first-order chi connectivity index (χ1) is 6.35. The van der Waals surface area contributed by atoms with E-state index < -0.39 is 0 Å². The van der Waals surface area contributed by atoms with Gasteiger partial charge in [-0.2, -0.15) is 0 Å². The minimum atomic E-state index is 0.115. The highest BCUT2D eigenvalue weighted by Crippen LogP contribution is 2.27. The van der Waals surface area contributed by atoms with Crippen molar-refractivity contribution in [2.45, 2.75) is 20.0 Å². The second-order valence-electron chi connectivity index (χ2n) is 2.91. The number of rotatable bonds is 2. The molecule has 1 N–H and O–H groups in total. The summed E-state index contributed by atoms with van der Waals surface area (Å²) in [5.41, 5.74) is 2.32. The Bertz CT molecular complexity index is 422. The van der Waals surface area contributed by atoms with Crippen LogP contribution in [0.3, 0.4) is 0 Å². The van der Waals surface area contributed by atoms with Gasteiger partial charge in [-0.1, -0.05) is 6.92 Å². The Labute approximate surface area is 80.9 Å². The van der Waals surface area contributed by atoms with E-state index in [0.29, 0.717) is 0 Å². The number of fused-ring (bicyclic) bond motifs is 1. The number of hydrogen-bond acceptors (Lipinski definition) is 3. The van der Waals surface area contributed by atoms with Crippen molar-refractivity contribution >= 4 is 21.6 Å². The summed E-state index contributed by atoms with van der Waals surface area (Å²) >= 11 is 1.64. The maximum absolute atomic E-state index is 8.98. The van der Waals surface area contributed by atoms with Gasteiger partial charge in [-0.05, 0) is 24.1 Å². The third-order valence-electron chi connectivity index (χ3n) is 2.08. The van der Waals surface area contributed by atoms with Gasteiger partial charge in [0.1, 0.15) is 0 Å². The van der Waals surface area contributed by atoms with Gasteiger partial charge in [0.15, 0.2) is 0 Å². The Balaban J connectivity index is 2.67. The highest BCUT2D eigenvalue weighted by Gasteiger charge is 2.04. The molecule has 2 aromatic heterocycles. The van der Waals surface area contributed by atoms with E-state index in [2.05, 4.69) is 11.9 Å². The van der Waals surface area contributed by atoms with Crippen LogP contribution in [0.15, 0.2) is 18.3 Å². The predicted molar refractivity (Wildman–Crippen MR) is 54.9 cm³/mol. The number of aromatic nitrogens is 1. The molecule has 0 aliphatic rings. The number of aryl methyl sites for hydroxylation is 1. The number of hydrogen-bond donors (Lipinski definition) is 1. The highest BCUT2D eigenvalue weighted by atomic mass is 32.1. The molecule has 68 valence electrons. The summed E-state index contributed by atoms with van der Waals surface area (Å²) in [4.78, 5) is 5.25. The number of aliphatic hydroxyl groups is 1. The van der Waals surface area contributed by atoms with Crippen LogP contribution in [0.25, 0.3) is 10.2 Å². The maximum Gasteiger partial charge on any atom is 0.0816 e. The summed E-state index contributed by atoms with van der Waals surface area (Å²) in [7, 11) is 0. The fraction of sp³-hybridized carbons (Fsp3) is 0.300. The van der Waals surface area contributed by atoms with Crippen molar-refractivity contribution in [3.63, 3.8) is 0 Å². The molecule has 0 amide bonds. The molecule has 0 atom stereocenters. The van der Waals surface area contributed by atoms with Crippen LogP contribution < -0.4 is 0 Å². The second kappa shape index (κ2) is 3.44. The van der Waals surface area contributed by atoms with Gasteiger partial charge >= 0.3 is 0 Å². The Kier molecular flexibility index (Phi) is 2.29. The van der Waals surface area contributed by atoms with Crippen LogP contribution in [-0.2, 0) is 13.0 Å². The van der Waals surface area contributed by atoms with Crippen LogP contribution in [0.5, 0.6) is 0 Å². The van der Waals surface area contributed by atoms with Crippen LogP contribution in [0, 0.1) is 0 Å². The summed E-state index contributed by atoms with van der Waals surface area (Å²) in [6.45, 7) is 2.25. The molecule has 2 rings (SSSR count). The minimum absolute atomic E-state index is 0.115. The van der Waals surface area contributed by atoms with Gasteiger partial charge in [0.2, 0.25) is 0 Å². The third kappa shape index (κ3) is 1.45. The number of pyridine rings is 1. The van der Waals surface area contributed by atoms with E-state index in [1.165, 1.54) is 10.3 Å². The van der Waals surface area contributed by atoms with Crippen molar-refractivity contribution < 1.29 is 5.11 Å². The van der Waals surface area contributed by atoms with Gasteiger partial charge in [-0.3, -0.25) is 4.98 Å². The lowest BCUT2D eigenvalue weighted by molar-refractivity contribution is 0.285. The van der Waals surface area contributed by atoms with Gasteiger partial charge in [0.25, 0.3) is 0 Å². The van der Waals surface area contributed by atoms with Gasteiger partial charge in [-0.25, -0.2) is 0 Å². The SMILES string of the molecule is CCc1ccnc2cc(CO)sc12. The van der Waals surface area contributed by atoms with Crippen LogP contribution in [0.2, 0.25) is 0 Å². The molecule has 0 fully saturated rings. The molecule has 3 heteroatoms. The van der Waals surface area contributed by atoms with Gasteiger partial charge in [0.05, 0.1) is 16.8 Å². The molecule has 13 heavy (non-hydrogen) atoms. The molecule has 0 aliphatic heterocycles. The summed E-state index contributed by atoms with van der Waals surface area (Å²) in [5.74, 6) is 0. The zero-order valence-electron chi connectivity index (χ0n) is 7.45. The van der Waals surface area contributed by atoms with E-state index in [0.717, 1.165) is 16.8 Å². The molecule has 0 aliphatic carbocycles. The average molecular weight is 193 g/mol. The lowest BCUT2D eigenvalue weighted by Gasteiger charge is -1.95. The Morgan fingerprint density at radius 2 is 2.38 bits per heavy atom. The zero-order chi connectivity index (χ0) is 9.26. The lowest BCUT2D eigenvalue weighted by Crippen LogP contribution is -1.80. The van der Waals surface area contributed by atoms with Crippen LogP contribution in [0.1, 0.15) is 17.4 Å². The number of thiophene rings is 1. The zero-order valence-corrected chi connectivity index (χ0v) is 8.27. The summed E-state index contributed by atoms with van der Waals surface area (Å²) in [5, 5.41) is 8.98. The fourth-order valence-corrected chi connectivity index (χ4v) is 2.45. The molecule has 2 nitrogen and oxygen atoms in total. The van der Waals surface area contributed by atoms with Crippen molar-refractivity contribution in [1.82, 2.24) is 4.98 Å². The van der Waals surface area contributed by atoms with Crippen molar-refractivity contribution in [1.29, 1.82) is 0 Å². The molecule has 0 aromatic carbocycles. The van der Waals surface area contributed by atoms with Crippen molar-refractivity contribution in [2.75, 3.05) is 0 Å². The smallest absolute Gasteiger partial charge is 0.0816 e. The summed E-state index contributed by atoms with van der Waals surface area (Å²) in [6.07, 6.45) is 2.85. The molecule has 2 aromatic rings. The molecule has 0 bridgehead atoms. The summed E-state index contributed by atoms with van der Waals surface area (Å²) < 4.78 is 1.22. The Morgan fingerprint density at radius 1 is 1.54 bits per heavy atom. The molecule has 0 saturated carbocycles. The van der Waals surface area contributed by atoms with Crippen molar-refractivity contribution in [3.8, 4) is 0 Å². The highest BCUT2D eigenvalue weighted by molar-refractivity contribution is 7.19. The first-order valence-corrected chi connectivity index (χ1v) is 5.14. The largest absolute Gasteiger partial charge is 0.391 e. The molecule has 2 heterocycles. The fourth-order valence-electron chi connectivity index (χ4n) is 1.40. The van der Waals surface area contributed by atoms with Gasteiger partial charge < -0.3 is 5.11 Å². The topological polar surface area (TPSA) is 33.1 Å². The van der Waals surface area contributed by atoms with E-state index in [4.69, 9.17) is 5.11 Å². The standard InChI is InChI=1S/C10H11NOS/c1-2-7-3-4-11-9-5-8(6-12)13-10(7)9/h3-5,12H,2,6H2,1H3. The number of aliphatic hydroxyl groups excluding tert-OH is 1.